The van der Waals surface area contributed by atoms with E-state index in [1.54, 1.807) is 6.92 Å². The number of hydrogen-bond donors (Lipinski definition) is 2. The van der Waals surface area contributed by atoms with E-state index in [0.29, 0.717) is 30.7 Å². The van der Waals surface area contributed by atoms with Gasteiger partial charge in [-0.15, -0.1) is 0 Å². The molecule has 2 aromatic carbocycles. The van der Waals surface area contributed by atoms with Crippen molar-refractivity contribution < 1.29 is 23.9 Å². The Labute approximate surface area is 241 Å². The second kappa shape index (κ2) is 15.7. The molecule has 7 nitrogen and oxygen atoms in total. The highest BCUT2D eigenvalue weighted by atomic mass is 35.5. The molecule has 0 spiro atoms. The van der Waals surface area contributed by atoms with E-state index in [0.717, 1.165) is 49.7 Å². The summed E-state index contributed by atoms with van der Waals surface area (Å²) in [5.41, 5.74) is 7.55. The summed E-state index contributed by atoms with van der Waals surface area (Å²) >= 11 is 12.6. The minimum atomic E-state index is -0.607. The number of nitrogens with two attached hydrogens (primary N) is 1. The molecule has 0 atom stereocenters. The van der Waals surface area contributed by atoms with Crippen LogP contribution in [0.4, 0.5) is 0 Å². The topological polar surface area (TPSA) is 108 Å². The molecular weight excluding hydrogens is 539 g/mol. The van der Waals surface area contributed by atoms with Gasteiger partial charge in [0.15, 0.2) is 5.75 Å². The van der Waals surface area contributed by atoms with E-state index >= 15 is 0 Å². The van der Waals surface area contributed by atoms with Crippen molar-refractivity contribution in [2.75, 3.05) is 0 Å². The van der Waals surface area contributed by atoms with Crippen molar-refractivity contribution in [1.82, 2.24) is 5.32 Å². The minimum absolute atomic E-state index is 0.0187. The molecule has 214 valence electrons. The maximum Gasteiger partial charge on any atom is 0.306 e. The summed E-state index contributed by atoms with van der Waals surface area (Å²) in [6.07, 6.45) is 6.67. The molecule has 9 heteroatoms. The minimum Gasteiger partial charge on any atom is -0.486 e. The van der Waals surface area contributed by atoms with Crippen LogP contribution in [0, 0.1) is 6.92 Å². The number of nitrogens with one attached hydrogen (secondary N) is 1. The molecule has 2 rings (SSSR count). The van der Waals surface area contributed by atoms with Crippen molar-refractivity contribution in [1.29, 1.82) is 0 Å². The largest absolute Gasteiger partial charge is 0.486 e. The zero-order chi connectivity index (χ0) is 29.0. The standard InChI is InChI=1S/C30H40Cl2N2O5/c1-20-23(29(33)37)17-24(31)28(27(20)32)38-19-22-13-11-12-21(16-22)18-34-25(35)14-9-7-5-6-8-10-15-26(36)39-30(2,3)4/h11-13,16-17H,5-10,14-15,18-19H2,1-4H3,(H2,33,37)(H,34,35). The van der Waals surface area contributed by atoms with Crippen molar-refractivity contribution >= 4 is 41.0 Å². The summed E-state index contributed by atoms with van der Waals surface area (Å²) in [6.45, 7) is 7.95. The van der Waals surface area contributed by atoms with Gasteiger partial charge in [0, 0.05) is 24.9 Å². The van der Waals surface area contributed by atoms with Crippen LogP contribution in [0.15, 0.2) is 30.3 Å². The SMILES string of the molecule is Cc1c(C(N)=O)cc(Cl)c(OCc2cccc(CNC(=O)CCCCCCCCC(=O)OC(C)(C)C)c2)c1Cl. The van der Waals surface area contributed by atoms with Gasteiger partial charge in [0.2, 0.25) is 11.8 Å². The Morgan fingerprint density at radius 2 is 1.54 bits per heavy atom. The first-order valence-corrected chi connectivity index (χ1v) is 14.1. The van der Waals surface area contributed by atoms with Gasteiger partial charge >= 0.3 is 5.97 Å². The third-order valence-corrected chi connectivity index (χ3v) is 6.74. The summed E-state index contributed by atoms with van der Waals surface area (Å²) in [7, 11) is 0. The van der Waals surface area contributed by atoms with E-state index in [-0.39, 0.29) is 34.1 Å². The first kappa shape index (κ1) is 32.4. The van der Waals surface area contributed by atoms with Crippen molar-refractivity contribution in [3.8, 4) is 5.75 Å². The lowest BCUT2D eigenvalue weighted by atomic mass is 10.1. The van der Waals surface area contributed by atoms with Crippen LogP contribution in [0.1, 0.15) is 99.2 Å². The second-order valence-electron chi connectivity index (χ2n) is 10.6. The van der Waals surface area contributed by atoms with Crippen molar-refractivity contribution in [2.24, 2.45) is 5.73 Å². The van der Waals surface area contributed by atoms with Crippen molar-refractivity contribution in [2.45, 2.75) is 97.8 Å². The van der Waals surface area contributed by atoms with E-state index in [2.05, 4.69) is 5.32 Å². The van der Waals surface area contributed by atoms with Gasteiger partial charge in [-0.2, -0.15) is 0 Å². The molecule has 0 heterocycles. The van der Waals surface area contributed by atoms with E-state index < -0.39 is 11.5 Å². The van der Waals surface area contributed by atoms with E-state index in [4.69, 9.17) is 38.4 Å². The number of benzene rings is 2. The number of unbranched alkanes of at least 4 members (excludes halogenated alkanes) is 5. The summed E-state index contributed by atoms with van der Waals surface area (Å²) in [5, 5.41) is 3.43. The molecule has 2 aromatic rings. The average Bonchev–Trinajstić information content (AvgIpc) is 2.85. The number of primary amides is 1. The van der Waals surface area contributed by atoms with Gasteiger partial charge in [-0.05, 0) is 63.3 Å². The molecular formula is C30H40Cl2N2O5. The molecule has 0 radical (unpaired) electrons. The summed E-state index contributed by atoms with van der Waals surface area (Å²) < 4.78 is 11.2. The number of hydrogen-bond acceptors (Lipinski definition) is 5. The van der Waals surface area contributed by atoms with Crippen LogP contribution in [0.5, 0.6) is 5.75 Å². The first-order chi connectivity index (χ1) is 18.4. The molecule has 0 aromatic heterocycles. The molecule has 39 heavy (non-hydrogen) atoms. The molecule has 0 aliphatic heterocycles. The van der Waals surface area contributed by atoms with Crippen molar-refractivity contribution in [3.05, 3.63) is 62.6 Å². The van der Waals surface area contributed by atoms with Gasteiger partial charge in [0.1, 0.15) is 12.2 Å². The predicted octanol–water partition coefficient (Wildman–Crippen LogP) is 7.06. The molecule has 0 unspecified atom stereocenters. The van der Waals surface area contributed by atoms with E-state index in [1.165, 1.54) is 6.07 Å². The van der Waals surface area contributed by atoms with Crippen LogP contribution in [0.2, 0.25) is 10.0 Å². The Kier molecular flexibility index (Phi) is 13.1. The zero-order valence-corrected chi connectivity index (χ0v) is 24.8. The fourth-order valence-electron chi connectivity index (χ4n) is 4.01. The summed E-state index contributed by atoms with van der Waals surface area (Å²) in [4.78, 5) is 35.5. The molecule has 0 aliphatic carbocycles. The third kappa shape index (κ3) is 11.9. The summed E-state index contributed by atoms with van der Waals surface area (Å²) in [5.74, 6) is -0.435. The zero-order valence-electron chi connectivity index (χ0n) is 23.3. The maximum atomic E-state index is 12.3. The Bertz CT molecular complexity index is 1140. The second-order valence-corrected chi connectivity index (χ2v) is 11.4. The van der Waals surface area contributed by atoms with E-state index in [9.17, 15) is 14.4 Å². The molecule has 0 saturated carbocycles. The highest BCUT2D eigenvalue weighted by Crippen LogP contribution is 2.38. The van der Waals surface area contributed by atoms with Gasteiger partial charge in [-0.3, -0.25) is 14.4 Å². The fraction of sp³-hybridized carbons (Fsp3) is 0.500. The van der Waals surface area contributed by atoms with Gasteiger partial charge in [0.05, 0.1) is 10.0 Å². The van der Waals surface area contributed by atoms with Crippen LogP contribution in [-0.4, -0.2) is 23.4 Å². The molecule has 0 bridgehead atoms. The maximum absolute atomic E-state index is 12.3. The number of carbonyl (C=O) groups excluding carboxylic acids is 3. The lowest BCUT2D eigenvalue weighted by Gasteiger charge is -2.19. The van der Waals surface area contributed by atoms with Crippen LogP contribution in [-0.2, 0) is 27.5 Å². The highest BCUT2D eigenvalue weighted by Gasteiger charge is 2.18. The molecule has 0 saturated heterocycles. The van der Waals surface area contributed by atoms with Crippen LogP contribution < -0.4 is 15.8 Å². The molecule has 0 aliphatic rings. The van der Waals surface area contributed by atoms with Crippen LogP contribution >= 0.6 is 23.2 Å². The molecule has 3 N–H and O–H groups in total. The third-order valence-electron chi connectivity index (χ3n) is 6.01. The molecule has 0 fully saturated rings. The van der Waals surface area contributed by atoms with Gasteiger partial charge in [0.25, 0.3) is 0 Å². The number of rotatable bonds is 15. The fourth-order valence-corrected chi connectivity index (χ4v) is 4.58. The van der Waals surface area contributed by atoms with Gasteiger partial charge < -0.3 is 20.5 Å². The predicted molar refractivity (Wildman–Crippen MR) is 155 cm³/mol. The summed E-state index contributed by atoms with van der Waals surface area (Å²) in [6, 6.07) is 9.15. The normalized spacial score (nSPS) is 11.2. The van der Waals surface area contributed by atoms with Crippen LogP contribution in [0.25, 0.3) is 0 Å². The number of esters is 1. The highest BCUT2D eigenvalue weighted by molar-refractivity contribution is 6.38. The van der Waals surface area contributed by atoms with Crippen molar-refractivity contribution in [3.63, 3.8) is 0 Å². The number of ether oxygens (including phenoxy) is 2. The van der Waals surface area contributed by atoms with Gasteiger partial charge in [-0.25, -0.2) is 0 Å². The Hall–Kier alpha value is -2.77. The van der Waals surface area contributed by atoms with E-state index in [1.807, 2.05) is 45.0 Å². The van der Waals surface area contributed by atoms with Crippen LogP contribution in [0.3, 0.4) is 0 Å². The van der Waals surface area contributed by atoms with Gasteiger partial charge in [-0.1, -0.05) is 73.2 Å². The lowest BCUT2D eigenvalue weighted by Crippen LogP contribution is -2.23. The Balaban J connectivity index is 1.68. The Morgan fingerprint density at radius 3 is 2.18 bits per heavy atom. The monoisotopic (exact) mass is 578 g/mol. The molecule has 2 amide bonds. The lowest BCUT2D eigenvalue weighted by molar-refractivity contribution is -0.154. The average molecular weight is 580 g/mol. The number of carbonyl (C=O) groups is 3. The smallest absolute Gasteiger partial charge is 0.306 e. The number of halogens is 2. The Morgan fingerprint density at radius 1 is 0.923 bits per heavy atom. The first-order valence-electron chi connectivity index (χ1n) is 13.3. The quantitative estimate of drug-likeness (QED) is 0.174. The number of amides is 2.